The highest BCUT2D eigenvalue weighted by atomic mass is 16.2. The van der Waals surface area contributed by atoms with Crippen LogP contribution in [0.2, 0.25) is 0 Å². The summed E-state index contributed by atoms with van der Waals surface area (Å²) in [6.45, 7) is 5.38. The topological polar surface area (TPSA) is 84.2 Å². The average molecular weight is 275 g/mol. The van der Waals surface area contributed by atoms with E-state index in [9.17, 15) is 9.59 Å². The van der Waals surface area contributed by atoms with E-state index in [2.05, 4.69) is 10.6 Å². The molecule has 0 radical (unpaired) electrons. The number of amides is 2. The molecule has 1 aromatic rings. The fourth-order valence-corrected chi connectivity index (χ4v) is 2.69. The van der Waals surface area contributed by atoms with Crippen LogP contribution in [-0.4, -0.2) is 24.9 Å². The van der Waals surface area contributed by atoms with Crippen LogP contribution in [0.15, 0.2) is 18.2 Å². The monoisotopic (exact) mass is 275 g/mol. The lowest BCUT2D eigenvalue weighted by molar-refractivity contribution is -0.124. The van der Waals surface area contributed by atoms with Crippen LogP contribution in [0.4, 0.5) is 5.69 Å². The molecule has 1 atom stereocenters. The van der Waals surface area contributed by atoms with E-state index < -0.39 is 5.91 Å². The molecule has 0 spiro atoms. The smallest absolute Gasteiger partial charge is 0.249 e. The first-order chi connectivity index (χ1) is 9.50. The Labute approximate surface area is 118 Å². The molecule has 0 saturated carbocycles. The molecule has 1 aromatic carbocycles. The van der Waals surface area contributed by atoms with E-state index in [-0.39, 0.29) is 11.3 Å². The quantitative estimate of drug-likeness (QED) is 0.777. The first-order valence-electron chi connectivity index (χ1n) is 6.92. The molecule has 5 heteroatoms. The molecule has 2 rings (SSSR count). The molecular formula is C15H21N3O2. The summed E-state index contributed by atoms with van der Waals surface area (Å²) in [6.07, 6.45) is 1.63. The summed E-state index contributed by atoms with van der Waals surface area (Å²) in [7, 11) is 0. The van der Waals surface area contributed by atoms with Crippen molar-refractivity contribution in [1.29, 1.82) is 0 Å². The zero-order chi connectivity index (χ0) is 14.8. The third-order valence-corrected chi connectivity index (χ3v) is 4.25. The Morgan fingerprint density at radius 3 is 2.75 bits per heavy atom. The first kappa shape index (κ1) is 14.5. The lowest BCUT2D eigenvalue weighted by Crippen LogP contribution is -2.37. The van der Waals surface area contributed by atoms with Gasteiger partial charge in [-0.2, -0.15) is 0 Å². The van der Waals surface area contributed by atoms with Gasteiger partial charge in [0.1, 0.15) is 0 Å². The number of benzene rings is 1. The van der Waals surface area contributed by atoms with Crippen LogP contribution in [0.3, 0.4) is 0 Å². The van der Waals surface area contributed by atoms with Crippen LogP contribution in [0.5, 0.6) is 0 Å². The number of primary amides is 1. The van der Waals surface area contributed by atoms with Crippen molar-refractivity contribution in [1.82, 2.24) is 5.32 Å². The fraction of sp³-hybridized carbons (Fsp3) is 0.467. The normalized spacial score (nSPS) is 21.7. The number of rotatable bonds is 4. The zero-order valence-corrected chi connectivity index (χ0v) is 12.0. The summed E-state index contributed by atoms with van der Waals surface area (Å²) in [5, 5.41) is 6.19. The van der Waals surface area contributed by atoms with Gasteiger partial charge in [-0.25, -0.2) is 0 Å². The van der Waals surface area contributed by atoms with Crippen molar-refractivity contribution in [2.75, 3.05) is 18.4 Å². The fourth-order valence-electron chi connectivity index (χ4n) is 2.69. The van der Waals surface area contributed by atoms with Gasteiger partial charge in [0, 0.05) is 17.8 Å². The first-order valence-corrected chi connectivity index (χ1v) is 6.92. The Hall–Kier alpha value is -1.88. The highest BCUT2D eigenvalue weighted by molar-refractivity contribution is 6.00. The van der Waals surface area contributed by atoms with Crippen molar-refractivity contribution in [3.63, 3.8) is 0 Å². The third kappa shape index (κ3) is 2.54. The van der Waals surface area contributed by atoms with E-state index in [1.165, 1.54) is 0 Å². The highest BCUT2D eigenvalue weighted by Gasteiger charge is 2.39. The van der Waals surface area contributed by atoms with Gasteiger partial charge in [-0.15, -0.1) is 0 Å². The standard InChI is InChI=1S/C15H21N3O2/c1-3-15(7-8-17-9-15)14(20)18-12-6-4-5-11(10(12)2)13(16)19/h4-6,17H,3,7-9H2,1-2H3,(H2,16,19)(H,18,20). The molecule has 1 unspecified atom stereocenters. The SMILES string of the molecule is CCC1(C(=O)Nc2cccc(C(N)=O)c2C)CCNC1. The van der Waals surface area contributed by atoms with E-state index in [0.717, 1.165) is 19.4 Å². The predicted octanol–water partition coefficient (Wildman–Crippen LogP) is 1.42. The second kappa shape index (κ2) is 5.63. The Bertz CT molecular complexity index is 534. The maximum absolute atomic E-state index is 12.5. The Balaban J connectivity index is 2.24. The van der Waals surface area contributed by atoms with Gasteiger partial charge in [-0.05, 0) is 44.0 Å². The van der Waals surface area contributed by atoms with Crippen LogP contribution in [-0.2, 0) is 4.79 Å². The summed E-state index contributed by atoms with van der Waals surface area (Å²) < 4.78 is 0. The van der Waals surface area contributed by atoms with E-state index in [4.69, 9.17) is 5.73 Å². The largest absolute Gasteiger partial charge is 0.366 e. The van der Waals surface area contributed by atoms with Gasteiger partial charge in [-0.3, -0.25) is 9.59 Å². The van der Waals surface area contributed by atoms with Crippen LogP contribution in [0.1, 0.15) is 35.7 Å². The molecule has 1 aliphatic heterocycles. The van der Waals surface area contributed by atoms with Gasteiger partial charge in [0.05, 0.1) is 5.41 Å². The highest BCUT2D eigenvalue weighted by Crippen LogP contribution is 2.31. The molecule has 4 N–H and O–H groups in total. The minimum atomic E-state index is -0.480. The van der Waals surface area contributed by atoms with Gasteiger partial charge in [0.2, 0.25) is 11.8 Å². The van der Waals surface area contributed by atoms with Gasteiger partial charge < -0.3 is 16.4 Å². The van der Waals surface area contributed by atoms with Crippen molar-refractivity contribution in [3.8, 4) is 0 Å². The van der Waals surface area contributed by atoms with Crippen LogP contribution >= 0.6 is 0 Å². The van der Waals surface area contributed by atoms with Gasteiger partial charge in [0.25, 0.3) is 0 Å². The zero-order valence-electron chi connectivity index (χ0n) is 12.0. The number of nitrogens with one attached hydrogen (secondary N) is 2. The van der Waals surface area contributed by atoms with E-state index >= 15 is 0 Å². The van der Waals surface area contributed by atoms with Crippen molar-refractivity contribution < 1.29 is 9.59 Å². The number of carbonyl (C=O) groups excluding carboxylic acids is 2. The lowest BCUT2D eigenvalue weighted by atomic mass is 9.83. The molecule has 1 fully saturated rings. The molecule has 0 bridgehead atoms. The molecule has 1 heterocycles. The third-order valence-electron chi connectivity index (χ3n) is 4.25. The van der Waals surface area contributed by atoms with Gasteiger partial charge in [0.15, 0.2) is 0 Å². The average Bonchev–Trinajstić information content (AvgIpc) is 2.90. The van der Waals surface area contributed by atoms with Crippen molar-refractivity contribution in [2.45, 2.75) is 26.7 Å². The van der Waals surface area contributed by atoms with Crippen molar-refractivity contribution >= 4 is 17.5 Å². The van der Waals surface area contributed by atoms with Crippen LogP contribution in [0, 0.1) is 12.3 Å². The molecular weight excluding hydrogens is 254 g/mol. The van der Waals surface area contributed by atoms with Crippen molar-refractivity contribution in [3.05, 3.63) is 29.3 Å². The van der Waals surface area contributed by atoms with Crippen LogP contribution < -0.4 is 16.4 Å². The molecule has 2 amide bonds. The Morgan fingerprint density at radius 1 is 1.45 bits per heavy atom. The van der Waals surface area contributed by atoms with E-state index in [1.807, 2.05) is 6.92 Å². The summed E-state index contributed by atoms with van der Waals surface area (Å²) in [5.74, 6) is -0.471. The van der Waals surface area contributed by atoms with Gasteiger partial charge >= 0.3 is 0 Å². The summed E-state index contributed by atoms with van der Waals surface area (Å²) in [4.78, 5) is 23.9. The number of hydrogen-bond acceptors (Lipinski definition) is 3. The Kier molecular flexibility index (Phi) is 4.09. The second-order valence-electron chi connectivity index (χ2n) is 5.36. The molecule has 108 valence electrons. The molecule has 1 saturated heterocycles. The van der Waals surface area contributed by atoms with Crippen LogP contribution in [0.25, 0.3) is 0 Å². The summed E-state index contributed by atoms with van der Waals surface area (Å²) in [5.41, 5.74) is 6.79. The lowest BCUT2D eigenvalue weighted by Gasteiger charge is -2.25. The molecule has 1 aliphatic rings. The maximum Gasteiger partial charge on any atom is 0.249 e. The number of hydrogen-bond donors (Lipinski definition) is 3. The predicted molar refractivity (Wildman–Crippen MR) is 78.5 cm³/mol. The number of nitrogens with two attached hydrogens (primary N) is 1. The summed E-state index contributed by atoms with van der Waals surface area (Å²) >= 11 is 0. The second-order valence-corrected chi connectivity index (χ2v) is 5.36. The van der Waals surface area contributed by atoms with E-state index in [0.29, 0.717) is 23.4 Å². The minimum Gasteiger partial charge on any atom is -0.366 e. The van der Waals surface area contributed by atoms with Crippen molar-refractivity contribution in [2.24, 2.45) is 11.1 Å². The number of carbonyl (C=O) groups is 2. The minimum absolute atomic E-state index is 0.00900. The molecule has 0 aromatic heterocycles. The Morgan fingerprint density at radius 2 is 2.20 bits per heavy atom. The molecule has 0 aliphatic carbocycles. The summed E-state index contributed by atoms with van der Waals surface area (Å²) in [6, 6.07) is 5.19. The van der Waals surface area contributed by atoms with Gasteiger partial charge in [-0.1, -0.05) is 13.0 Å². The molecule has 5 nitrogen and oxygen atoms in total. The maximum atomic E-state index is 12.5. The number of anilines is 1. The molecule has 20 heavy (non-hydrogen) atoms. The van der Waals surface area contributed by atoms with E-state index in [1.54, 1.807) is 25.1 Å².